The summed E-state index contributed by atoms with van der Waals surface area (Å²) in [4.78, 5) is 24.7. The van der Waals surface area contributed by atoms with Crippen LogP contribution in [0.2, 0.25) is 0 Å². The number of fused-ring (bicyclic) bond motifs is 1. The number of hydrazone groups is 1. The Bertz CT molecular complexity index is 1120. The molecule has 0 unspecified atom stereocenters. The molecule has 0 aromatic heterocycles. The van der Waals surface area contributed by atoms with Crippen molar-refractivity contribution in [3.63, 3.8) is 0 Å². The highest BCUT2D eigenvalue weighted by atomic mass is 16.7. The second-order valence-electron chi connectivity index (χ2n) is 6.71. The molecular weight excluding hydrogens is 382 g/mol. The van der Waals surface area contributed by atoms with Crippen LogP contribution >= 0.6 is 0 Å². The molecule has 7 heteroatoms. The topological polar surface area (TPSA) is 89.0 Å². The lowest BCUT2D eigenvalue weighted by Crippen LogP contribution is -2.18. The van der Waals surface area contributed by atoms with Crippen molar-refractivity contribution in [2.75, 3.05) is 12.1 Å². The highest BCUT2D eigenvalue weighted by Gasteiger charge is 2.13. The van der Waals surface area contributed by atoms with Crippen LogP contribution in [0.1, 0.15) is 31.8 Å². The minimum Gasteiger partial charge on any atom is -0.454 e. The molecule has 1 heterocycles. The van der Waals surface area contributed by atoms with Gasteiger partial charge in [0.15, 0.2) is 11.5 Å². The first kappa shape index (κ1) is 19.2. The lowest BCUT2D eigenvalue weighted by atomic mass is 10.1. The fraction of sp³-hybridized carbons (Fsp3) is 0.0870. The van der Waals surface area contributed by atoms with Crippen molar-refractivity contribution < 1.29 is 19.1 Å². The van der Waals surface area contributed by atoms with Gasteiger partial charge in [0.05, 0.1) is 6.21 Å². The number of nitrogens with zero attached hydrogens (tertiary/aromatic N) is 1. The molecule has 3 aromatic carbocycles. The molecule has 0 saturated heterocycles. The molecule has 0 bridgehead atoms. The molecule has 4 rings (SSSR count). The zero-order valence-corrected chi connectivity index (χ0v) is 16.2. The van der Waals surface area contributed by atoms with E-state index in [0.717, 1.165) is 11.1 Å². The van der Waals surface area contributed by atoms with Gasteiger partial charge in [0, 0.05) is 16.8 Å². The second kappa shape index (κ2) is 8.48. The van der Waals surface area contributed by atoms with Crippen molar-refractivity contribution in [3.8, 4) is 11.5 Å². The average molecular weight is 401 g/mol. The molecule has 0 aliphatic carbocycles. The summed E-state index contributed by atoms with van der Waals surface area (Å²) >= 11 is 0. The standard InChI is InChI=1S/C23H19N3O4/c1-15-5-8-17(9-6-15)22(27)25-19-4-2-3-18(12-19)23(28)26-24-13-16-7-10-20-21(11-16)30-14-29-20/h2-13H,14H2,1H3,(H,25,27)(H,26,28)/b24-13-. The van der Waals surface area contributed by atoms with E-state index < -0.39 is 5.91 Å². The Labute approximate surface area is 173 Å². The molecule has 150 valence electrons. The number of amides is 2. The van der Waals surface area contributed by atoms with Crippen LogP contribution < -0.4 is 20.2 Å². The Morgan fingerprint density at radius 3 is 2.53 bits per heavy atom. The first-order valence-corrected chi connectivity index (χ1v) is 9.30. The van der Waals surface area contributed by atoms with E-state index in [4.69, 9.17) is 9.47 Å². The molecule has 1 aliphatic heterocycles. The largest absolute Gasteiger partial charge is 0.454 e. The van der Waals surface area contributed by atoms with Crippen LogP contribution in [0.5, 0.6) is 11.5 Å². The Hall–Kier alpha value is -4.13. The predicted molar refractivity (Wildman–Crippen MR) is 113 cm³/mol. The molecule has 2 N–H and O–H groups in total. The molecule has 0 spiro atoms. The number of carbonyl (C=O) groups excluding carboxylic acids is 2. The molecule has 0 atom stereocenters. The van der Waals surface area contributed by atoms with Gasteiger partial charge < -0.3 is 14.8 Å². The number of benzene rings is 3. The second-order valence-corrected chi connectivity index (χ2v) is 6.71. The van der Waals surface area contributed by atoms with Crippen molar-refractivity contribution >= 4 is 23.7 Å². The lowest BCUT2D eigenvalue weighted by molar-refractivity contribution is 0.0953. The molecule has 0 radical (unpaired) electrons. The van der Waals surface area contributed by atoms with E-state index in [0.29, 0.717) is 28.3 Å². The maximum atomic E-state index is 12.4. The van der Waals surface area contributed by atoms with Crippen molar-refractivity contribution in [2.45, 2.75) is 6.92 Å². The number of hydrogen-bond acceptors (Lipinski definition) is 5. The van der Waals surface area contributed by atoms with Crippen LogP contribution in [0.15, 0.2) is 71.8 Å². The molecule has 7 nitrogen and oxygen atoms in total. The summed E-state index contributed by atoms with van der Waals surface area (Å²) < 4.78 is 10.6. The van der Waals surface area contributed by atoms with E-state index in [1.54, 1.807) is 48.5 Å². The Morgan fingerprint density at radius 2 is 1.70 bits per heavy atom. The average Bonchev–Trinajstić information content (AvgIpc) is 3.22. The molecule has 3 aromatic rings. The maximum absolute atomic E-state index is 12.4. The van der Waals surface area contributed by atoms with Crippen LogP contribution in [0.4, 0.5) is 5.69 Å². The number of ether oxygens (including phenoxy) is 2. The smallest absolute Gasteiger partial charge is 0.271 e. The van der Waals surface area contributed by atoms with E-state index >= 15 is 0 Å². The molecule has 0 fully saturated rings. The quantitative estimate of drug-likeness (QED) is 0.504. The number of rotatable bonds is 5. The normalized spacial score (nSPS) is 12.0. The monoisotopic (exact) mass is 401 g/mol. The number of nitrogens with one attached hydrogen (secondary N) is 2. The van der Waals surface area contributed by atoms with Gasteiger partial charge >= 0.3 is 0 Å². The number of aryl methyl sites for hydroxylation is 1. The van der Waals surface area contributed by atoms with Crippen LogP contribution in [-0.4, -0.2) is 24.8 Å². The minimum absolute atomic E-state index is 0.198. The summed E-state index contributed by atoms with van der Waals surface area (Å²) in [6, 6.07) is 19.3. The van der Waals surface area contributed by atoms with E-state index in [1.807, 2.05) is 25.1 Å². The molecule has 1 aliphatic rings. The third-order valence-corrected chi connectivity index (χ3v) is 4.47. The summed E-state index contributed by atoms with van der Waals surface area (Å²) in [6.45, 7) is 2.16. The van der Waals surface area contributed by atoms with E-state index in [2.05, 4.69) is 15.8 Å². The van der Waals surface area contributed by atoms with E-state index in [1.165, 1.54) is 6.21 Å². The first-order valence-electron chi connectivity index (χ1n) is 9.30. The zero-order chi connectivity index (χ0) is 20.9. The van der Waals surface area contributed by atoms with Gasteiger partial charge in [-0.1, -0.05) is 23.8 Å². The molecule has 2 amide bonds. The fourth-order valence-electron chi connectivity index (χ4n) is 2.87. The highest BCUT2D eigenvalue weighted by molar-refractivity contribution is 6.05. The van der Waals surface area contributed by atoms with Gasteiger partial charge in [-0.25, -0.2) is 5.43 Å². The van der Waals surface area contributed by atoms with E-state index in [9.17, 15) is 9.59 Å². The maximum Gasteiger partial charge on any atom is 0.271 e. The number of hydrogen-bond donors (Lipinski definition) is 2. The van der Waals surface area contributed by atoms with Crippen LogP contribution in [0.25, 0.3) is 0 Å². The third kappa shape index (κ3) is 4.47. The van der Waals surface area contributed by atoms with Crippen LogP contribution in [0.3, 0.4) is 0 Å². The molecular formula is C23H19N3O4. The van der Waals surface area contributed by atoms with Gasteiger partial charge in [-0.05, 0) is 61.0 Å². The Kier molecular flexibility index (Phi) is 5.43. The van der Waals surface area contributed by atoms with Gasteiger partial charge in [-0.15, -0.1) is 0 Å². The van der Waals surface area contributed by atoms with Crippen molar-refractivity contribution in [1.82, 2.24) is 5.43 Å². The Morgan fingerprint density at radius 1 is 0.900 bits per heavy atom. The summed E-state index contributed by atoms with van der Waals surface area (Å²) in [5.74, 6) is 0.690. The lowest BCUT2D eigenvalue weighted by Gasteiger charge is -2.07. The fourth-order valence-corrected chi connectivity index (χ4v) is 2.87. The van der Waals surface area contributed by atoms with Gasteiger partial charge in [0.1, 0.15) is 0 Å². The summed E-state index contributed by atoms with van der Waals surface area (Å²) in [5, 5.41) is 6.78. The highest BCUT2D eigenvalue weighted by Crippen LogP contribution is 2.31. The van der Waals surface area contributed by atoms with Crippen LogP contribution in [-0.2, 0) is 0 Å². The van der Waals surface area contributed by atoms with Gasteiger partial charge in [-0.2, -0.15) is 5.10 Å². The van der Waals surface area contributed by atoms with Crippen molar-refractivity contribution in [1.29, 1.82) is 0 Å². The van der Waals surface area contributed by atoms with Gasteiger partial charge in [0.2, 0.25) is 6.79 Å². The Balaban J connectivity index is 1.38. The van der Waals surface area contributed by atoms with Gasteiger partial charge in [0.25, 0.3) is 11.8 Å². The zero-order valence-electron chi connectivity index (χ0n) is 16.2. The molecule has 30 heavy (non-hydrogen) atoms. The summed E-state index contributed by atoms with van der Waals surface area (Å²) in [7, 11) is 0. The summed E-state index contributed by atoms with van der Waals surface area (Å²) in [6.07, 6.45) is 1.52. The van der Waals surface area contributed by atoms with Crippen LogP contribution in [0, 0.1) is 6.92 Å². The van der Waals surface area contributed by atoms with Gasteiger partial charge in [-0.3, -0.25) is 9.59 Å². The van der Waals surface area contributed by atoms with Crippen molar-refractivity contribution in [3.05, 3.63) is 89.0 Å². The predicted octanol–water partition coefficient (Wildman–Crippen LogP) is 3.74. The minimum atomic E-state index is -0.390. The van der Waals surface area contributed by atoms with E-state index in [-0.39, 0.29) is 12.7 Å². The third-order valence-electron chi connectivity index (χ3n) is 4.47. The number of anilines is 1. The summed E-state index contributed by atoms with van der Waals surface area (Å²) in [5.41, 5.74) is 5.76. The SMILES string of the molecule is Cc1ccc(C(=O)Nc2cccc(C(=O)N/N=C\c3ccc4c(c3)OCO4)c2)cc1. The first-order chi connectivity index (χ1) is 14.6. The number of carbonyl (C=O) groups is 2. The molecule has 0 saturated carbocycles. The van der Waals surface area contributed by atoms with Crippen molar-refractivity contribution in [2.24, 2.45) is 5.10 Å².